The lowest BCUT2D eigenvalue weighted by Gasteiger charge is -2.29. The number of nitrogens with two attached hydrogens (primary N) is 1. The van der Waals surface area contributed by atoms with Gasteiger partial charge < -0.3 is 35.2 Å². The second kappa shape index (κ2) is 7.07. The van der Waals surface area contributed by atoms with Crippen LogP contribution >= 0.6 is 15.6 Å². The van der Waals surface area contributed by atoms with E-state index in [1.54, 1.807) is 0 Å². The fourth-order valence-electron chi connectivity index (χ4n) is 2.91. The van der Waals surface area contributed by atoms with Crippen LogP contribution in [0.25, 0.3) is 11.2 Å². The molecule has 3 rings (SSSR count). The lowest BCUT2D eigenvalue weighted by molar-refractivity contribution is -0.131. The molecule has 0 radical (unpaired) electrons. The van der Waals surface area contributed by atoms with Crippen molar-refractivity contribution in [2.45, 2.75) is 31.0 Å². The molecule has 15 nitrogen and oxygen atoms in total. The third kappa shape index (κ3) is 4.09. The molecule has 7 N–H and O–H groups in total. The molecule has 3 heterocycles. The minimum Gasteiger partial charge on any atom is -0.385 e. The van der Waals surface area contributed by atoms with Crippen LogP contribution in [-0.2, 0) is 28.6 Å². The van der Waals surface area contributed by atoms with Gasteiger partial charge in [0.15, 0.2) is 17.2 Å². The number of phosphoric ester groups is 2. The second-order valence-electron chi connectivity index (χ2n) is 6.05. The van der Waals surface area contributed by atoms with Gasteiger partial charge in [0.25, 0.3) is 0 Å². The number of hydrogen-bond donors (Lipinski definition) is 6. The standard InChI is InChI=1S/C11H17N5O10P2/c1-11(16-4-15-6-9(12)13-3-14-10(6)16)8(17)7(26-28(21,22)23)5(25-11)2-24-27(18,19)20/h3-5,7-8,17H,2H2,1H3,(H2,12,13,14)(H2,18,19,20)(H2,21,22,23)/t5-,7-,8-,11-/m1/s1. The van der Waals surface area contributed by atoms with Gasteiger partial charge in [0.05, 0.1) is 12.9 Å². The highest BCUT2D eigenvalue weighted by atomic mass is 31.2. The van der Waals surface area contributed by atoms with Crippen molar-refractivity contribution < 1.29 is 47.6 Å². The van der Waals surface area contributed by atoms with Crippen LogP contribution in [0.5, 0.6) is 0 Å². The monoisotopic (exact) mass is 441 g/mol. The van der Waals surface area contributed by atoms with Gasteiger partial charge in [-0.25, -0.2) is 24.1 Å². The number of anilines is 1. The summed E-state index contributed by atoms with van der Waals surface area (Å²) in [5.74, 6) is 0.0456. The summed E-state index contributed by atoms with van der Waals surface area (Å²) in [6.07, 6.45) is -2.54. The van der Waals surface area contributed by atoms with Crippen molar-refractivity contribution in [1.29, 1.82) is 0 Å². The van der Waals surface area contributed by atoms with E-state index in [9.17, 15) is 14.2 Å². The van der Waals surface area contributed by atoms with Crippen LogP contribution in [0.4, 0.5) is 5.82 Å². The van der Waals surface area contributed by atoms with Crippen molar-refractivity contribution in [3.8, 4) is 0 Å². The summed E-state index contributed by atoms with van der Waals surface area (Å²) in [6, 6.07) is 0. The first-order valence-electron chi connectivity index (χ1n) is 7.56. The Hall–Kier alpha value is -1.51. The molecule has 0 amide bonds. The maximum Gasteiger partial charge on any atom is 0.470 e. The molecule has 0 saturated carbocycles. The van der Waals surface area contributed by atoms with E-state index in [-0.39, 0.29) is 17.0 Å². The largest absolute Gasteiger partial charge is 0.470 e. The summed E-state index contributed by atoms with van der Waals surface area (Å²) >= 11 is 0. The SMILES string of the molecule is C[C@@]1(n2cnc3c(N)ncnc32)O[C@H](COP(=O)(O)O)[C@@H](OP(=O)(O)O)[C@H]1O. The predicted molar refractivity (Wildman–Crippen MR) is 89.2 cm³/mol. The van der Waals surface area contributed by atoms with Crippen molar-refractivity contribution >= 4 is 32.6 Å². The van der Waals surface area contributed by atoms with E-state index in [2.05, 4.69) is 24.0 Å². The maximum absolute atomic E-state index is 11.3. The highest BCUT2D eigenvalue weighted by Crippen LogP contribution is 2.47. The number of rotatable bonds is 6. The lowest BCUT2D eigenvalue weighted by atomic mass is 10.0. The van der Waals surface area contributed by atoms with E-state index in [0.717, 1.165) is 6.33 Å². The van der Waals surface area contributed by atoms with Gasteiger partial charge in [-0.2, -0.15) is 0 Å². The van der Waals surface area contributed by atoms with Gasteiger partial charge in [0.2, 0.25) is 0 Å². The summed E-state index contributed by atoms with van der Waals surface area (Å²) in [5.41, 5.74) is 4.28. The highest BCUT2D eigenvalue weighted by Gasteiger charge is 2.56. The number of aliphatic hydroxyl groups excluding tert-OH is 1. The van der Waals surface area contributed by atoms with E-state index in [4.69, 9.17) is 30.0 Å². The van der Waals surface area contributed by atoms with Crippen molar-refractivity contribution in [3.63, 3.8) is 0 Å². The quantitative estimate of drug-likeness (QED) is 0.278. The first-order chi connectivity index (χ1) is 12.8. The summed E-state index contributed by atoms with van der Waals surface area (Å²) in [6.45, 7) is 0.510. The molecule has 0 aromatic carbocycles. The summed E-state index contributed by atoms with van der Waals surface area (Å²) in [4.78, 5) is 47.8. The molecule has 1 aliphatic rings. The minimum atomic E-state index is -5.10. The molecule has 2 aromatic heterocycles. The number of hydrogen-bond acceptors (Lipinski definition) is 10. The zero-order chi connectivity index (χ0) is 20.9. The van der Waals surface area contributed by atoms with E-state index >= 15 is 0 Å². The number of aromatic nitrogens is 4. The van der Waals surface area contributed by atoms with Crippen LogP contribution in [-0.4, -0.2) is 69.1 Å². The van der Waals surface area contributed by atoms with Gasteiger partial charge >= 0.3 is 15.6 Å². The number of fused-ring (bicyclic) bond motifs is 1. The number of aliphatic hydroxyl groups is 1. The molecule has 0 unspecified atom stereocenters. The van der Waals surface area contributed by atoms with Crippen LogP contribution in [0.3, 0.4) is 0 Å². The van der Waals surface area contributed by atoms with Gasteiger partial charge in [0, 0.05) is 0 Å². The molecular weight excluding hydrogens is 424 g/mol. The fourth-order valence-corrected chi connectivity index (χ4v) is 3.82. The average molecular weight is 441 g/mol. The minimum absolute atomic E-state index is 0.0456. The normalized spacial score (nSPS) is 28.9. The molecule has 156 valence electrons. The molecule has 0 spiro atoms. The van der Waals surface area contributed by atoms with Crippen LogP contribution in [0.2, 0.25) is 0 Å². The molecule has 28 heavy (non-hydrogen) atoms. The number of phosphoric acid groups is 2. The van der Waals surface area contributed by atoms with Crippen LogP contribution in [0.1, 0.15) is 6.92 Å². The fraction of sp³-hybridized carbons (Fsp3) is 0.545. The first kappa shape index (κ1) is 21.2. The summed E-state index contributed by atoms with van der Waals surface area (Å²) in [7, 11) is -10.0. The van der Waals surface area contributed by atoms with Gasteiger partial charge in [-0.05, 0) is 6.92 Å². The molecule has 17 heteroatoms. The Kier molecular flexibility index (Phi) is 5.36. The number of imidazole rings is 1. The van der Waals surface area contributed by atoms with Crippen molar-refractivity contribution in [1.82, 2.24) is 19.5 Å². The van der Waals surface area contributed by atoms with Crippen molar-refractivity contribution in [2.75, 3.05) is 12.3 Å². The molecule has 4 atom stereocenters. The van der Waals surface area contributed by atoms with E-state index < -0.39 is 46.3 Å². The molecule has 1 saturated heterocycles. The van der Waals surface area contributed by atoms with Gasteiger partial charge in [-0.3, -0.25) is 13.6 Å². The van der Waals surface area contributed by atoms with Crippen LogP contribution < -0.4 is 5.73 Å². The molecule has 1 fully saturated rings. The molecule has 2 aromatic rings. The molecule has 0 aliphatic carbocycles. The molecular formula is C11H17N5O10P2. The maximum atomic E-state index is 11.3. The van der Waals surface area contributed by atoms with Gasteiger partial charge in [0.1, 0.15) is 30.2 Å². The smallest absolute Gasteiger partial charge is 0.385 e. The Balaban J connectivity index is 2.01. The van der Waals surface area contributed by atoms with Gasteiger partial charge in [-0.15, -0.1) is 0 Å². The van der Waals surface area contributed by atoms with Gasteiger partial charge in [-0.1, -0.05) is 0 Å². The first-order valence-corrected chi connectivity index (χ1v) is 10.6. The topological polar surface area (TPSA) is 233 Å². The van der Waals surface area contributed by atoms with Crippen LogP contribution in [0.15, 0.2) is 12.7 Å². The Labute approximate surface area is 156 Å². The Morgan fingerprint density at radius 1 is 1.25 bits per heavy atom. The Morgan fingerprint density at radius 2 is 1.93 bits per heavy atom. The second-order valence-corrected chi connectivity index (χ2v) is 8.48. The predicted octanol–water partition coefficient (Wildman–Crippen LogP) is -1.57. The zero-order valence-corrected chi connectivity index (χ0v) is 15.9. The third-order valence-corrected chi connectivity index (χ3v) is 5.13. The number of ether oxygens (including phenoxy) is 1. The highest BCUT2D eigenvalue weighted by molar-refractivity contribution is 7.46. The molecule has 0 bridgehead atoms. The van der Waals surface area contributed by atoms with Crippen LogP contribution in [0, 0.1) is 0 Å². The van der Waals surface area contributed by atoms with Crippen molar-refractivity contribution in [2.24, 2.45) is 0 Å². The van der Waals surface area contributed by atoms with E-state index in [1.165, 1.54) is 17.8 Å². The number of nitrogen functional groups attached to an aromatic ring is 1. The Bertz CT molecular complexity index is 974. The van der Waals surface area contributed by atoms with E-state index in [0.29, 0.717) is 0 Å². The zero-order valence-electron chi connectivity index (χ0n) is 14.1. The summed E-state index contributed by atoms with van der Waals surface area (Å²) < 4.78 is 38.1. The molecule has 1 aliphatic heterocycles. The lowest BCUT2D eigenvalue weighted by Crippen LogP contribution is -2.43. The summed E-state index contributed by atoms with van der Waals surface area (Å²) in [5, 5.41) is 10.7. The Morgan fingerprint density at radius 3 is 2.54 bits per heavy atom. The van der Waals surface area contributed by atoms with Crippen molar-refractivity contribution in [3.05, 3.63) is 12.7 Å². The average Bonchev–Trinajstić information content (AvgIpc) is 3.08. The van der Waals surface area contributed by atoms with E-state index in [1.807, 2.05) is 0 Å². The third-order valence-electron chi connectivity index (χ3n) is 4.12. The number of nitrogens with zero attached hydrogens (tertiary/aromatic N) is 4.